The fourth-order valence-corrected chi connectivity index (χ4v) is 2.58. The van der Waals surface area contributed by atoms with Crippen LogP contribution in [0, 0.1) is 0 Å². The molecule has 0 saturated heterocycles. The van der Waals surface area contributed by atoms with Crippen LogP contribution in [0.2, 0.25) is 0 Å². The summed E-state index contributed by atoms with van der Waals surface area (Å²) < 4.78 is 26.1. The number of ether oxygens (including phenoxy) is 5. The van der Waals surface area contributed by atoms with Crippen LogP contribution in [0.15, 0.2) is 6.07 Å². The van der Waals surface area contributed by atoms with Crippen molar-refractivity contribution in [2.45, 2.75) is 105 Å². The second-order valence-corrected chi connectivity index (χ2v) is 12.5. The van der Waals surface area contributed by atoms with Crippen LogP contribution < -0.4 is 9.80 Å². The van der Waals surface area contributed by atoms with Gasteiger partial charge in [0.2, 0.25) is 5.95 Å². The average Bonchev–Trinajstić information content (AvgIpc) is 2.67. The van der Waals surface area contributed by atoms with Crippen LogP contribution in [0.25, 0.3) is 0 Å². The molecule has 14 nitrogen and oxygen atoms in total. The highest BCUT2D eigenvalue weighted by molar-refractivity contribution is 6.11. The predicted molar refractivity (Wildman–Crippen MR) is 143 cm³/mol. The van der Waals surface area contributed by atoms with Gasteiger partial charge in [-0.15, -0.1) is 4.90 Å². The molecular weight excluding hydrogens is 528 g/mol. The lowest BCUT2D eigenvalue weighted by Crippen LogP contribution is -2.46. The number of amides is 4. The molecule has 0 aliphatic rings. The van der Waals surface area contributed by atoms with E-state index in [1.165, 1.54) is 0 Å². The van der Waals surface area contributed by atoms with Gasteiger partial charge in [0.05, 0.1) is 7.11 Å². The Morgan fingerprint density at radius 2 is 0.900 bits per heavy atom. The van der Waals surface area contributed by atoms with Gasteiger partial charge in [0.1, 0.15) is 22.4 Å². The van der Waals surface area contributed by atoms with Crippen molar-refractivity contribution in [2.75, 3.05) is 16.9 Å². The number of methoxy groups -OCH3 is 1. The second kappa shape index (κ2) is 12.0. The number of carbonyl (C=O) groups excluding carboxylic acids is 5. The minimum atomic E-state index is -1.25. The minimum Gasteiger partial charge on any atom is -0.464 e. The Kier molecular flexibility index (Phi) is 10.3. The Hall–Kier alpha value is -3.97. The number of imide groups is 2. The molecule has 0 aliphatic heterocycles. The van der Waals surface area contributed by atoms with E-state index in [1.807, 2.05) is 0 Å². The summed E-state index contributed by atoms with van der Waals surface area (Å²) in [7, 11) is 1.06. The quantitative estimate of drug-likeness (QED) is 0.327. The van der Waals surface area contributed by atoms with Crippen molar-refractivity contribution in [1.29, 1.82) is 0 Å². The van der Waals surface area contributed by atoms with Gasteiger partial charge in [-0.25, -0.2) is 29.0 Å². The first-order valence-corrected chi connectivity index (χ1v) is 12.3. The lowest BCUT2D eigenvalue weighted by atomic mass is 10.2. The van der Waals surface area contributed by atoms with Crippen LogP contribution in [-0.4, -0.2) is 69.8 Å². The zero-order valence-electron chi connectivity index (χ0n) is 25.4. The van der Waals surface area contributed by atoms with Crippen LogP contribution in [0.4, 0.5) is 30.9 Å². The summed E-state index contributed by atoms with van der Waals surface area (Å²) >= 11 is 0. The highest BCUT2D eigenvalue weighted by Gasteiger charge is 2.39. The molecule has 224 valence electrons. The lowest BCUT2D eigenvalue weighted by Gasteiger charge is -2.29. The fraction of sp³-hybridized carbons (Fsp3) is 0.654. The maximum absolute atomic E-state index is 13.2. The van der Waals surface area contributed by atoms with Gasteiger partial charge in [-0.05, 0) is 83.1 Å². The van der Waals surface area contributed by atoms with Crippen molar-refractivity contribution in [2.24, 2.45) is 0 Å². The zero-order chi connectivity index (χ0) is 31.4. The van der Waals surface area contributed by atoms with Gasteiger partial charge in [0.25, 0.3) is 0 Å². The summed E-state index contributed by atoms with van der Waals surface area (Å²) in [5.41, 5.74) is -4.77. The molecule has 0 aliphatic carbocycles. The molecule has 1 heterocycles. The van der Waals surface area contributed by atoms with E-state index < -0.39 is 70.2 Å². The third kappa shape index (κ3) is 11.0. The standard InChI is InChI=1S/C26H40N4O10/c1-23(2,3)37-19(32)29(20(33)38-24(4,5)6)16-14-15(17(31)36-13)27-18(28-16)30(21(34)39-25(7,8)9)22(35)40-26(10,11)12/h14H,1-13H3. The number of nitrogens with zero attached hydrogens (tertiary/aromatic N) is 4. The van der Waals surface area contributed by atoms with Crippen LogP contribution in [0.5, 0.6) is 0 Å². The summed E-state index contributed by atoms with van der Waals surface area (Å²) in [6.07, 6.45) is -4.95. The van der Waals surface area contributed by atoms with Gasteiger partial charge in [-0.2, -0.15) is 9.88 Å². The molecule has 4 amide bonds. The monoisotopic (exact) mass is 568 g/mol. The van der Waals surface area contributed by atoms with E-state index in [2.05, 4.69) is 9.97 Å². The predicted octanol–water partition coefficient (Wildman–Crippen LogP) is 5.62. The molecule has 0 radical (unpaired) electrons. The van der Waals surface area contributed by atoms with Crippen LogP contribution in [0.1, 0.15) is 93.6 Å². The maximum Gasteiger partial charge on any atom is 0.427 e. The molecule has 0 aromatic carbocycles. The van der Waals surface area contributed by atoms with Gasteiger partial charge < -0.3 is 23.7 Å². The van der Waals surface area contributed by atoms with Gasteiger partial charge in [0.15, 0.2) is 11.5 Å². The SMILES string of the molecule is COC(=O)c1cc(N(C(=O)OC(C)(C)C)C(=O)OC(C)(C)C)nc(N(C(=O)OC(C)(C)C)C(=O)OC(C)(C)C)n1. The third-order valence-electron chi connectivity index (χ3n) is 3.83. The molecule has 0 atom stereocenters. The molecule has 1 aromatic heterocycles. The maximum atomic E-state index is 13.2. The summed E-state index contributed by atoms with van der Waals surface area (Å²) in [6, 6.07) is 0.936. The lowest BCUT2D eigenvalue weighted by molar-refractivity contribution is 0.0410. The Balaban J connectivity index is 3.98. The van der Waals surface area contributed by atoms with E-state index in [-0.39, 0.29) is 0 Å². The van der Waals surface area contributed by atoms with Gasteiger partial charge in [0, 0.05) is 6.07 Å². The van der Waals surface area contributed by atoms with Gasteiger partial charge in [-0.3, -0.25) is 0 Å². The van der Waals surface area contributed by atoms with E-state index in [4.69, 9.17) is 23.7 Å². The summed E-state index contributed by atoms with van der Waals surface area (Å²) in [5.74, 6) is -2.35. The molecule has 0 spiro atoms. The highest BCUT2D eigenvalue weighted by atomic mass is 16.6. The summed E-state index contributed by atoms with van der Waals surface area (Å²) in [6.45, 7) is 18.7. The van der Waals surface area contributed by atoms with Crippen molar-refractivity contribution >= 4 is 42.1 Å². The molecule has 0 saturated carbocycles. The molecule has 1 aromatic rings. The smallest absolute Gasteiger partial charge is 0.427 e. The molecule has 0 unspecified atom stereocenters. The number of carbonyl (C=O) groups is 5. The van der Waals surface area contributed by atoms with Gasteiger partial charge in [-0.1, -0.05) is 0 Å². The van der Waals surface area contributed by atoms with E-state index in [0.717, 1.165) is 13.2 Å². The number of esters is 1. The van der Waals surface area contributed by atoms with Crippen molar-refractivity contribution < 1.29 is 47.7 Å². The minimum absolute atomic E-state index is 0.328. The second-order valence-electron chi connectivity index (χ2n) is 12.5. The van der Waals surface area contributed by atoms with Crippen molar-refractivity contribution in [3.63, 3.8) is 0 Å². The molecule has 0 N–H and O–H groups in total. The Bertz CT molecular complexity index is 1000. The topological polar surface area (TPSA) is 164 Å². The first kappa shape index (κ1) is 34.1. The Morgan fingerprint density at radius 3 is 1.20 bits per heavy atom. The van der Waals surface area contributed by atoms with Crippen molar-refractivity contribution in [3.05, 3.63) is 11.8 Å². The van der Waals surface area contributed by atoms with Crippen molar-refractivity contribution in [1.82, 2.24) is 9.97 Å². The number of hydrogen-bond donors (Lipinski definition) is 0. The molecule has 40 heavy (non-hydrogen) atoms. The Labute approximate surface area is 234 Å². The number of aromatic nitrogens is 2. The number of rotatable bonds is 3. The normalized spacial score (nSPS) is 12.1. The van der Waals surface area contributed by atoms with Crippen LogP contribution in [0.3, 0.4) is 0 Å². The zero-order valence-corrected chi connectivity index (χ0v) is 25.4. The molecule has 14 heteroatoms. The molecule has 0 fully saturated rings. The van der Waals surface area contributed by atoms with E-state index in [0.29, 0.717) is 9.80 Å². The molecule has 0 bridgehead atoms. The van der Waals surface area contributed by atoms with Crippen LogP contribution >= 0.6 is 0 Å². The summed E-state index contributed by atoms with van der Waals surface area (Å²) in [4.78, 5) is 74.0. The number of anilines is 2. The molecular formula is C26H40N4O10. The van der Waals surface area contributed by atoms with Crippen LogP contribution in [-0.2, 0) is 23.7 Å². The third-order valence-corrected chi connectivity index (χ3v) is 3.83. The van der Waals surface area contributed by atoms with E-state index >= 15 is 0 Å². The largest absolute Gasteiger partial charge is 0.464 e. The fourth-order valence-electron chi connectivity index (χ4n) is 2.58. The molecule has 1 rings (SSSR count). The van der Waals surface area contributed by atoms with E-state index in [1.54, 1.807) is 83.1 Å². The van der Waals surface area contributed by atoms with E-state index in [9.17, 15) is 24.0 Å². The first-order chi connectivity index (χ1) is 17.8. The van der Waals surface area contributed by atoms with Gasteiger partial charge >= 0.3 is 30.3 Å². The van der Waals surface area contributed by atoms with Crippen molar-refractivity contribution in [3.8, 4) is 0 Å². The highest BCUT2D eigenvalue weighted by Crippen LogP contribution is 2.26. The number of hydrogen-bond acceptors (Lipinski definition) is 12. The Morgan fingerprint density at radius 1 is 0.575 bits per heavy atom. The first-order valence-electron chi connectivity index (χ1n) is 12.3. The average molecular weight is 569 g/mol. The summed E-state index contributed by atoms with van der Waals surface area (Å²) in [5, 5.41) is 0.